The minimum absolute atomic E-state index is 0.0159. The number of hydrazone groups is 1. The average Bonchev–Trinajstić information content (AvgIpc) is 3.05. The first kappa shape index (κ1) is 14.9. The van der Waals surface area contributed by atoms with Gasteiger partial charge in [0.25, 0.3) is 5.69 Å². The van der Waals surface area contributed by atoms with E-state index in [1.807, 2.05) is 35.7 Å². The Kier molecular flexibility index (Phi) is 4.39. The molecule has 0 aliphatic heterocycles. The number of hydrogen-bond donors (Lipinski definition) is 1. The molecule has 0 fully saturated rings. The number of thiazole rings is 1. The number of nitro groups is 1. The Balaban J connectivity index is 1.72. The van der Waals surface area contributed by atoms with E-state index in [4.69, 9.17) is 0 Å². The smallest absolute Gasteiger partial charge is 0.258 e. The van der Waals surface area contributed by atoms with Crippen LogP contribution in [0.5, 0.6) is 0 Å². The highest BCUT2D eigenvalue weighted by molar-refractivity contribution is 7.14. The Labute approximate surface area is 136 Å². The van der Waals surface area contributed by atoms with Crippen LogP contribution in [0, 0.1) is 10.1 Å². The summed E-state index contributed by atoms with van der Waals surface area (Å²) in [7, 11) is 0. The van der Waals surface area contributed by atoms with Gasteiger partial charge in [-0.25, -0.2) is 4.98 Å². The van der Waals surface area contributed by atoms with Crippen molar-refractivity contribution in [1.82, 2.24) is 4.98 Å². The maximum absolute atomic E-state index is 10.9. The molecule has 0 saturated carbocycles. The largest absolute Gasteiger partial charge is 0.278 e. The van der Waals surface area contributed by atoms with E-state index in [1.54, 1.807) is 18.2 Å². The van der Waals surface area contributed by atoms with E-state index in [0.717, 1.165) is 11.3 Å². The molecule has 0 radical (unpaired) electrons. The molecule has 0 spiro atoms. The van der Waals surface area contributed by atoms with E-state index in [2.05, 4.69) is 15.5 Å². The normalized spacial score (nSPS) is 10.8. The van der Waals surface area contributed by atoms with Gasteiger partial charge in [-0.2, -0.15) is 5.10 Å². The van der Waals surface area contributed by atoms with Crippen LogP contribution in [-0.4, -0.2) is 16.1 Å². The maximum atomic E-state index is 10.9. The molecule has 1 heterocycles. The third kappa shape index (κ3) is 3.58. The molecule has 0 aliphatic carbocycles. The van der Waals surface area contributed by atoms with Crippen molar-refractivity contribution in [3.63, 3.8) is 0 Å². The lowest BCUT2D eigenvalue weighted by molar-refractivity contribution is -0.385. The van der Waals surface area contributed by atoms with E-state index < -0.39 is 4.92 Å². The fourth-order valence-electron chi connectivity index (χ4n) is 1.99. The molecule has 3 aromatic rings. The van der Waals surface area contributed by atoms with Crippen molar-refractivity contribution in [1.29, 1.82) is 0 Å². The number of hydrogen-bond acceptors (Lipinski definition) is 6. The van der Waals surface area contributed by atoms with Gasteiger partial charge in [0.05, 0.1) is 22.4 Å². The summed E-state index contributed by atoms with van der Waals surface area (Å²) in [6, 6.07) is 16.2. The zero-order valence-corrected chi connectivity index (χ0v) is 12.7. The van der Waals surface area contributed by atoms with E-state index in [1.165, 1.54) is 23.6 Å². The fourth-order valence-corrected chi connectivity index (χ4v) is 2.66. The van der Waals surface area contributed by atoms with Crippen molar-refractivity contribution in [2.24, 2.45) is 5.10 Å². The van der Waals surface area contributed by atoms with Crippen molar-refractivity contribution in [3.8, 4) is 11.3 Å². The molecular formula is C16H12N4O2S. The van der Waals surface area contributed by atoms with Crippen LogP contribution in [0.4, 0.5) is 10.8 Å². The van der Waals surface area contributed by atoms with Crippen molar-refractivity contribution < 1.29 is 4.92 Å². The summed E-state index contributed by atoms with van der Waals surface area (Å²) in [5.41, 5.74) is 5.14. The molecule has 23 heavy (non-hydrogen) atoms. The molecule has 0 bridgehead atoms. The van der Waals surface area contributed by atoms with Gasteiger partial charge in [-0.15, -0.1) is 11.3 Å². The lowest BCUT2D eigenvalue weighted by atomic mass is 10.2. The van der Waals surface area contributed by atoms with Crippen LogP contribution < -0.4 is 5.43 Å². The van der Waals surface area contributed by atoms with Crippen LogP contribution in [0.25, 0.3) is 11.3 Å². The van der Waals surface area contributed by atoms with Gasteiger partial charge in [-0.1, -0.05) is 42.5 Å². The van der Waals surface area contributed by atoms with Crippen LogP contribution in [0.2, 0.25) is 0 Å². The van der Waals surface area contributed by atoms with Crippen molar-refractivity contribution in [2.45, 2.75) is 0 Å². The zero-order chi connectivity index (χ0) is 16.1. The van der Waals surface area contributed by atoms with Gasteiger partial charge >= 0.3 is 0 Å². The molecule has 0 amide bonds. The SMILES string of the molecule is O=[N+]([O-])c1ccccc1C=NNc1nc(-c2ccccc2)cs1. The van der Waals surface area contributed by atoms with Gasteiger partial charge < -0.3 is 0 Å². The molecule has 3 rings (SSSR count). The van der Waals surface area contributed by atoms with Crippen molar-refractivity contribution >= 4 is 28.4 Å². The predicted molar refractivity (Wildman–Crippen MR) is 91.9 cm³/mol. The number of para-hydroxylation sites is 1. The number of benzene rings is 2. The highest BCUT2D eigenvalue weighted by atomic mass is 32.1. The fraction of sp³-hybridized carbons (Fsp3) is 0. The van der Waals surface area contributed by atoms with E-state index in [9.17, 15) is 10.1 Å². The summed E-state index contributed by atoms with van der Waals surface area (Å²) in [6.07, 6.45) is 1.42. The average molecular weight is 324 g/mol. The highest BCUT2D eigenvalue weighted by Gasteiger charge is 2.10. The zero-order valence-electron chi connectivity index (χ0n) is 11.9. The van der Waals surface area contributed by atoms with Crippen LogP contribution in [0.3, 0.4) is 0 Å². The van der Waals surface area contributed by atoms with Gasteiger partial charge in [-0.05, 0) is 6.07 Å². The van der Waals surface area contributed by atoms with Gasteiger partial charge in [-0.3, -0.25) is 15.5 Å². The first-order chi connectivity index (χ1) is 11.2. The molecule has 2 aromatic carbocycles. The first-order valence-corrected chi connectivity index (χ1v) is 7.65. The van der Waals surface area contributed by atoms with Gasteiger partial charge in [0.2, 0.25) is 5.13 Å². The Morgan fingerprint density at radius 3 is 2.65 bits per heavy atom. The van der Waals surface area contributed by atoms with Gasteiger partial charge in [0.1, 0.15) is 0 Å². The van der Waals surface area contributed by atoms with Gasteiger partial charge in [0.15, 0.2) is 0 Å². The number of anilines is 1. The predicted octanol–water partition coefficient (Wildman–Crippen LogP) is 4.16. The number of nitrogens with one attached hydrogen (secondary N) is 1. The molecule has 7 heteroatoms. The molecule has 0 saturated heterocycles. The first-order valence-electron chi connectivity index (χ1n) is 6.77. The third-order valence-corrected chi connectivity index (χ3v) is 3.82. The van der Waals surface area contributed by atoms with E-state index in [-0.39, 0.29) is 5.69 Å². The van der Waals surface area contributed by atoms with Crippen molar-refractivity contribution in [2.75, 3.05) is 5.43 Å². The van der Waals surface area contributed by atoms with Crippen LogP contribution in [0.15, 0.2) is 65.1 Å². The molecule has 0 aliphatic rings. The molecule has 1 aromatic heterocycles. The molecule has 6 nitrogen and oxygen atoms in total. The van der Waals surface area contributed by atoms with Crippen LogP contribution in [0.1, 0.15) is 5.56 Å². The topological polar surface area (TPSA) is 80.4 Å². The molecule has 1 N–H and O–H groups in total. The van der Waals surface area contributed by atoms with E-state index in [0.29, 0.717) is 10.7 Å². The number of aromatic nitrogens is 1. The molecule has 0 unspecified atom stereocenters. The highest BCUT2D eigenvalue weighted by Crippen LogP contribution is 2.24. The summed E-state index contributed by atoms with van der Waals surface area (Å²) < 4.78 is 0. The summed E-state index contributed by atoms with van der Waals surface area (Å²) >= 11 is 1.42. The lowest BCUT2D eigenvalue weighted by Crippen LogP contribution is -1.96. The summed E-state index contributed by atoms with van der Waals surface area (Å²) in [5, 5.41) is 17.5. The Morgan fingerprint density at radius 2 is 1.87 bits per heavy atom. The number of rotatable bonds is 5. The minimum atomic E-state index is -0.432. The summed E-state index contributed by atoms with van der Waals surface area (Å²) in [6.45, 7) is 0. The Morgan fingerprint density at radius 1 is 1.13 bits per heavy atom. The Hall–Kier alpha value is -3.06. The summed E-state index contributed by atoms with van der Waals surface area (Å²) in [4.78, 5) is 14.9. The second-order valence-corrected chi connectivity index (χ2v) is 5.45. The van der Waals surface area contributed by atoms with Crippen molar-refractivity contribution in [3.05, 3.63) is 75.7 Å². The van der Waals surface area contributed by atoms with Crippen LogP contribution >= 0.6 is 11.3 Å². The van der Waals surface area contributed by atoms with E-state index >= 15 is 0 Å². The standard InChI is InChI=1S/C16H12N4O2S/c21-20(22)15-9-5-4-8-13(15)10-17-19-16-18-14(11-23-16)12-6-2-1-3-7-12/h1-11H,(H,18,19). The summed E-state index contributed by atoms with van der Waals surface area (Å²) in [5.74, 6) is 0. The number of nitro benzene ring substituents is 1. The molecular weight excluding hydrogens is 312 g/mol. The third-order valence-electron chi connectivity index (χ3n) is 3.07. The minimum Gasteiger partial charge on any atom is -0.258 e. The molecule has 0 atom stereocenters. The second-order valence-electron chi connectivity index (χ2n) is 4.59. The molecule has 114 valence electrons. The second kappa shape index (κ2) is 6.80. The monoisotopic (exact) mass is 324 g/mol. The maximum Gasteiger partial charge on any atom is 0.278 e. The van der Waals surface area contributed by atoms with Gasteiger partial charge in [0, 0.05) is 17.0 Å². The number of nitrogens with zero attached hydrogens (tertiary/aromatic N) is 3. The Bertz CT molecular complexity index is 846. The lowest BCUT2D eigenvalue weighted by Gasteiger charge is -1.97. The quantitative estimate of drug-likeness (QED) is 0.434. The van der Waals surface area contributed by atoms with Crippen LogP contribution in [-0.2, 0) is 0 Å².